The van der Waals surface area contributed by atoms with E-state index in [4.69, 9.17) is 24.7 Å². The zero-order valence-electron chi connectivity index (χ0n) is 24.0. The second kappa shape index (κ2) is 10.3. The number of pyridine rings is 1. The van der Waals surface area contributed by atoms with Crippen molar-refractivity contribution in [3.8, 4) is 11.9 Å². The molecule has 0 amide bonds. The summed E-state index contributed by atoms with van der Waals surface area (Å²) in [6, 6.07) is 18.0. The molecular formula is C33H31FN6O4. The average Bonchev–Trinajstić information content (AvgIpc) is 3.56. The summed E-state index contributed by atoms with van der Waals surface area (Å²) in [6.45, 7) is 3.91. The maximum absolute atomic E-state index is 14.4. The lowest BCUT2D eigenvalue weighted by molar-refractivity contribution is -0.182. The number of likely N-dealkylation sites (tertiary alicyclic amines) is 1. The monoisotopic (exact) mass is 594 g/mol. The third-order valence-corrected chi connectivity index (χ3v) is 10.1. The molecule has 3 aliphatic heterocycles. The van der Waals surface area contributed by atoms with E-state index in [1.54, 1.807) is 36.4 Å². The van der Waals surface area contributed by atoms with Gasteiger partial charge in [-0.3, -0.25) is 4.90 Å². The van der Waals surface area contributed by atoms with Crippen molar-refractivity contribution < 1.29 is 23.8 Å². The first-order chi connectivity index (χ1) is 21.4. The molecule has 4 aliphatic rings. The normalized spacial score (nSPS) is 25.4. The summed E-state index contributed by atoms with van der Waals surface area (Å²) in [7, 11) is 0. The molecule has 4 aromatic rings. The Morgan fingerprint density at radius 1 is 1.16 bits per heavy atom. The lowest BCUT2D eigenvalue weighted by Gasteiger charge is -2.67. The minimum atomic E-state index is -0.946. The van der Waals surface area contributed by atoms with E-state index in [0.29, 0.717) is 36.6 Å². The summed E-state index contributed by atoms with van der Waals surface area (Å²) in [6.07, 6.45) is 3.43. The quantitative estimate of drug-likeness (QED) is 0.302. The molecule has 2 aromatic carbocycles. The van der Waals surface area contributed by atoms with Crippen LogP contribution in [0.15, 0.2) is 54.6 Å². The van der Waals surface area contributed by atoms with Gasteiger partial charge in [-0.1, -0.05) is 12.1 Å². The number of ether oxygens (including phenoxy) is 2. The SMILES string of the molecule is N#Cc1ccc(COc2cccc(N3CC4N(Cc5nc6ccc(C(=O)O)cc6n5CC5CCO5)C5CCC54C3)n2)c(F)c1. The fraction of sp³-hybridized carbons (Fsp3) is 0.394. The van der Waals surface area contributed by atoms with Gasteiger partial charge in [0.15, 0.2) is 0 Å². The second-order valence-corrected chi connectivity index (χ2v) is 12.3. The molecule has 0 radical (unpaired) electrons. The number of carboxylic acid groups (broad SMARTS) is 1. The Morgan fingerprint density at radius 3 is 2.77 bits per heavy atom. The number of aromatic nitrogens is 3. The van der Waals surface area contributed by atoms with Crippen LogP contribution in [0.25, 0.3) is 11.0 Å². The second-order valence-electron chi connectivity index (χ2n) is 12.3. The Bertz CT molecular complexity index is 1830. The number of nitriles is 1. The fourth-order valence-electron chi connectivity index (χ4n) is 7.57. The molecule has 4 unspecified atom stereocenters. The van der Waals surface area contributed by atoms with Crippen LogP contribution in [0.5, 0.6) is 5.88 Å². The van der Waals surface area contributed by atoms with Crippen molar-refractivity contribution in [2.45, 2.75) is 57.1 Å². The summed E-state index contributed by atoms with van der Waals surface area (Å²) >= 11 is 0. The van der Waals surface area contributed by atoms with Crippen LogP contribution in [0.4, 0.5) is 10.2 Å². The third kappa shape index (κ3) is 4.31. The largest absolute Gasteiger partial charge is 0.478 e. The van der Waals surface area contributed by atoms with E-state index in [9.17, 15) is 14.3 Å². The number of carbonyl (C=O) groups is 1. The van der Waals surface area contributed by atoms with E-state index >= 15 is 0 Å². The Labute approximate surface area is 253 Å². The predicted octanol–water partition coefficient (Wildman–Crippen LogP) is 4.36. The highest BCUT2D eigenvalue weighted by molar-refractivity contribution is 5.92. The molecule has 1 spiro atoms. The van der Waals surface area contributed by atoms with Crippen molar-refractivity contribution in [3.05, 3.63) is 82.9 Å². The number of imidazole rings is 1. The van der Waals surface area contributed by atoms with Gasteiger partial charge in [0.2, 0.25) is 5.88 Å². The van der Waals surface area contributed by atoms with Crippen molar-refractivity contribution in [2.75, 3.05) is 24.6 Å². The molecule has 4 fully saturated rings. The first-order valence-electron chi connectivity index (χ1n) is 15.0. The number of nitrogens with zero attached hydrogens (tertiary/aromatic N) is 6. The maximum Gasteiger partial charge on any atom is 0.335 e. The summed E-state index contributed by atoms with van der Waals surface area (Å²) in [5.41, 5.74) is 2.78. The number of piperidine rings is 1. The first-order valence-corrected chi connectivity index (χ1v) is 15.0. The van der Waals surface area contributed by atoms with E-state index in [0.717, 1.165) is 55.2 Å². The van der Waals surface area contributed by atoms with E-state index in [1.807, 2.05) is 18.2 Å². The molecule has 2 aromatic heterocycles. The highest BCUT2D eigenvalue weighted by Gasteiger charge is 2.69. The lowest BCUT2D eigenvalue weighted by Crippen LogP contribution is -2.76. The number of fused-ring (bicyclic) bond motifs is 1. The average molecular weight is 595 g/mol. The van der Waals surface area contributed by atoms with Gasteiger partial charge in [-0.25, -0.2) is 14.2 Å². The number of rotatable bonds is 9. The zero-order valence-corrected chi connectivity index (χ0v) is 24.0. The van der Waals surface area contributed by atoms with Crippen molar-refractivity contribution in [1.29, 1.82) is 5.26 Å². The van der Waals surface area contributed by atoms with Crippen LogP contribution in [0.3, 0.4) is 0 Å². The van der Waals surface area contributed by atoms with Crippen LogP contribution in [0, 0.1) is 22.6 Å². The Hall–Kier alpha value is -4.53. The van der Waals surface area contributed by atoms with Crippen molar-refractivity contribution in [2.24, 2.45) is 5.41 Å². The molecule has 1 N–H and O–H groups in total. The number of halogens is 1. The van der Waals surface area contributed by atoms with Gasteiger partial charge in [0.1, 0.15) is 24.1 Å². The molecule has 8 rings (SSSR count). The highest BCUT2D eigenvalue weighted by Crippen LogP contribution is 2.61. The van der Waals surface area contributed by atoms with Gasteiger partial charge in [-0.15, -0.1) is 0 Å². The number of carboxylic acids is 1. The summed E-state index contributed by atoms with van der Waals surface area (Å²) in [5.74, 6) is 0.798. The first kappa shape index (κ1) is 27.0. The highest BCUT2D eigenvalue weighted by atomic mass is 19.1. The van der Waals surface area contributed by atoms with Crippen LogP contribution < -0.4 is 9.64 Å². The van der Waals surface area contributed by atoms with Crippen LogP contribution in [-0.2, 0) is 24.4 Å². The standard InChI is InChI=1S/C33H31FN6O4/c34-24-12-20(14-35)4-5-22(24)18-44-31-3-1-2-29(37-31)38-16-28-33(19-38)10-8-27(33)40(28)17-30-36-25-7-6-21(32(41)42)13-26(25)39(30)15-23-9-11-43-23/h1-7,12-13,23,27-28H,8-11,15-19H2,(H,41,42). The smallest absolute Gasteiger partial charge is 0.335 e. The van der Waals surface area contributed by atoms with Gasteiger partial charge in [0.25, 0.3) is 0 Å². The predicted molar refractivity (Wildman–Crippen MR) is 158 cm³/mol. The summed E-state index contributed by atoms with van der Waals surface area (Å²) in [5, 5.41) is 18.6. The summed E-state index contributed by atoms with van der Waals surface area (Å²) < 4.78 is 28.1. The van der Waals surface area contributed by atoms with Gasteiger partial charge >= 0.3 is 5.97 Å². The number of anilines is 1. The van der Waals surface area contributed by atoms with E-state index in [1.165, 1.54) is 12.5 Å². The fourth-order valence-corrected chi connectivity index (χ4v) is 7.57. The maximum atomic E-state index is 14.4. The van der Waals surface area contributed by atoms with Crippen molar-refractivity contribution in [1.82, 2.24) is 19.4 Å². The third-order valence-electron chi connectivity index (χ3n) is 10.1. The van der Waals surface area contributed by atoms with Gasteiger partial charge < -0.3 is 24.0 Å². The summed E-state index contributed by atoms with van der Waals surface area (Å²) in [4.78, 5) is 26.3. The van der Waals surface area contributed by atoms with E-state index in [-0.39, 0.29) is 29.3 Å². The van der Waals surface area contributed by atoms with Crippen molar-refractivity contribution >= 4 is 22.8 Å². The Kier molecular flexibility index (Phi) is 6.32. The molecular weight excluding hydrogens is 563 g/mol. The molecule has 1 aliphatic carbocycles. The molecule has 44 heavy (non-hydrogen) atoms. The van der Waals surface area contributed by atoms with Crippen LogP contribution in [0.2, 0.25) is 0 Å². The van der Waals surface area contributed by atoms with Crippen LogP contribution in [-0.4, -0.2) is 68.4 Å². The zero-order chi connectivity index (χ0) is 30.0. The van der Waals surface area contributed by atoms with Gasteiger partial charge in [-0.2, -0.15) is 10.2 Å². The molecule has 10 nitrogen and oxygen atoms in total. The molecule has 1 saturated carbocycles. The lowest BCUT2D eigenvalue weighted by atomic mass is 9.53. The molecule has 4 atom stereocenters. The van der Waals surface area contributed by atoms with Gasteiger partial charge in [0.05, 0.1) is 47.4 Å². The number of aromatic carboxylic acids is 1. The molecule has 224 valence electrons. The van der Waals surface area contributed by atoms with Gasteiger partial charge in [0, 0.05) is 48.8 Å². The Balaban J connectivity index is 1.000. The van der Waals surface area contributed by atoms with Gasteiger partial charge in [-0.05, 0) is 55.7 Å². The number of hydrogen-bond acceptors (Lipinski definition) is 8. The molecule has 5 heterocycles. The molecule has 3 saturated heterocycles. The molecule has 11 heteroatoms. The minimum absolute atomic E-state index is 0.0251. The molecule has 0 bridgehead atoms. The van der Waals surface area contributed by atoms with Crippen LogP contribution >= 0.6 is 0 Å². The van der Waals surface area contributed by atoms with Crippen molar-refractivity contribution in [3.63, 3.8) is 0 Å². The van der Waals surface area contributed by atoms with E-state index < -0.39 is 11.8 Å². The number of hydrogen-bond donors (Lipinski definition) is 1. The number of benzene rings is 2. The topological polar surface area (TPSA) is 117 Å². The minimum Gasteiger partial charge on any atom is -0.478 e. The van der Waals surface area contributed by atoms with Crippen LogP contribution in [0.1, 0.15) is 46.6 Å². The van der Waals surface area contributed by atoms with E-state index in [2.05, 4.69) is 14.4 Å². The Morgan fingerprint density at radius 2 is 2.05 bits per heavy atom.